The predicted octanol–water partition coefficient (Wildman–Crippen LogP) is 2.38. The summed E-state index contributed by atoms with van der Waals surface area (Å²) in [6, 6.07) is 7.18. The number of halogens is 4. The van der Waals surface area contributed by atoms with Gasteiger partial charge in [0.05, 0.1) is 0 Å². The second kappa shape index (κ2) is 8.09. The van der Waals surface area contributed by atoms with Gasteiger partial charge in [0.15, 0.2) is 0 Å². The molecular weight excluding hydrogens is 304 g/mol. The monoisotopic (exact) mass is 322 g/mol. The topological polar surface area (TPSA) is 66.6 Å². The van der Waals surface area contributed by atoms with Crippen LogP contribution in [0.2, 0.25) is 0 Å². The third-order valence-corrected chi connectivity index (χ3v) is 3.17. The van der Waals surface area contributed by atoms with Crippen LogP contribution in [0.4, 0.5) is 17.6 Å². The zero-order valence-corrected chi connectivity index (χ0v) is 11.8. The number of piperidine rings is 1. The Morgan fingerprint density at radius 3 is 2.32 bits per heavy atom. The number of carboxylic acids is 1. The van der Waals surface area contributed by atoms with E-state index < -0.39 is 12.1 Å². The molecule has 0 spiro atoms. The Bertz CT molecular complexity index is 486. The summed E-state index contributed by atoms with van der Waals surface area (Å²) in [7, 11) is 0. The van der Waals surface area contributed by atoms with Crippen LogP contribution in [0.5, 0.6) is 0 Å². The summed E-state index contributed by atoms with van der Waals surface area (Å²) in [6.07, 6.45) is -2.98. The third-order valence-electron chi connectivity index (χ3n) is 3.17. The maximum Gasteiger partial charge on any atom is 0.490 e. The van der Waals surface area contributed by atoms with Crippen LogP contribution in [-0.2, 0) is 11.3 Å². The molecule has 0 aliphatic carbocycles. The lowest BCUT2D eigenvalue weighted by Crippen LogP contribution is -2.39. The van der Waals surface area contributed by atoms with Crippen LogP contribution in [0.3, 0.4) is 0 Å². The molecule has 1 fully saturated rings. The number of hydrogen-bond acceptors (Lipinski definition) is 3. The molecule has 1 aromatic rings. The Labute approximate surface area is 125 Å². The van der Waals surface area contributed by atoms with Crippen molar-refractivity contribution in [1.29, 1.82) is 0 Å². The first-order chi connectivity index (χ1) is 10.2. The summed E-state index contributed by atoms with van der Waals surface area (Å²) < 4.78 is 44.7. The summed E-state index contributed by atoms with van der Waals surface area (Å²) in [6.45, 7) is 2.89. The number of benzene rings is 1. The molecule has 0 bridgehead atoms. The van der Waals surface area contributed by atoms with Crippen LogP contribution < -0.4 is 5.73 Å². The van der Waals surface area contributed by atoms with Gasteiger partial charge in [-0.15, -0.1) is 0 Å². The van der Waals surface area contributed by atoms with Crippen LogP contribution in [0.25, 0.3) is 0 Å². The quantitative estimate of drug-likeness (QED) is 0.821. The highest BCUT2D eigenvalue weighted by atomic mass is 19.4. The molecule has 0 radical (unpaired) electrons. The molecule has 8 heteroatoms. The first-order valence-corrected chi connectivity index (χ1v) is 6.71. The highest BCUT2D eigenvalue weighted by Gasteiger charge is 2.38. The van der Waals surface area contributed by atoms with Crippen LogP contribution in [0, 0.1) is 5.82 Å². The number of nitrogens with zero attached hydrogens (tertiary/aromatic N) is 1. The maximum absolute atomic E-state index is 12.9. The standard InChI is InChI=1S/C12H17FN2.C2HF3O2/c13-11-3-1-2-10(8-11)9-15-6-4-12(14)5-7-15;3-2(4,5)1(6)7/h1-3,8,12H,4-7,9,14H2;(H,6,7). The van der Waals surface area contributed by atoms with Crippen molar-refractivity contribution in [2.24, 2.45) is 5.73 Å². The van der Waals surface area contributed by atoms with Crippen molar-refractivity contribution >= 4 is 5.97 Å². The zero-order valence-electron chi connectivity index (χ0n) is 11.8. The minimum absolute atomic E-state index is 0.152. The van der Waals surface area contributed by atoms with E-state index in [2.05, 4.69) is 4.90 Å². The number of hydrogen-bond donors (Lipinski definition) is 2. The fraction of sp³-hybridized carbons (Fsp3) is 0.500. The molecule has 1 aromatic carbocycles. The van der Waals surface area contributed by atoms with E-state index in [1.54, 1.807) is 12.1 Å². The summed E-state index contributed by atoms with van der Waals surface area (Å²) in [5, 5.41) is 7.12. The number of rotatable bonds is 2. The summed E-state index contributed by atoms with van der Waals surface area (Å²) >= 11 is 0. The summed E-state index contributed by atoms with van der Waals surface area (Å²) in [5.41, 5.74) is 6.87. The minimum atomic E-state index is -5.08. The maximum atomic E-state index is 12.9. The Morgan fingerprint density at radius 1 is 1.32 bits per heavy atom. The van der Waals surface area contributed by atoms with Crippen molar-refractivity contribution in [3.8, 4) is 0 Å². The van der Waals surface area contributed by atoms with Gasteiger partial charge in [0.25, 0.3) is 0 Å². The lowest BCUT2D eigenvalue weighted by atomic mass is 10.1. The van der Waals surface area contributed by atoms with Gasteiger partial charge in [-0.3, -0.25) is 4.90 Å². The van der Waals surface area contributed by atoms with Crippen molar-refractivity contribution in [2.45, 2.75) is 31.6 Å². The normalized spacial score (nSPS) is 16.8. The number of likely N-dealkylation sites (tertiary alicyclic amines) is 1. The van der Waals surface area contributed by atoms with Crippen LogP contribution in [0.15, 0.2) is 24.3 Å². The second-order valence-electron chi connectivity index (χ2n) is 5.05. The molecule has 0 atom stereocenters. The summed E-state index contributed by atoms with van der Waals surface area (Å²) in [5.74, 6) is -2.91. The first kappa shape index (κ1) is 18.4. The van der Waals surface area contributed by atoms with Crippen molar-refractivity contribution < 1.29 is 27.5 Å². The van der Waals surface area contributed by atoms with Gasteiger partial charge in [0.2, 0.25) is 0 Å². The minimum Gasteiger partial charge on any atom is -0.475 e. The molecule has 4 nitrogen and oxygen atoms in total. The van der Waals surface area contributed by atoms with E-state index in [1.165, 1.54) is 6.07 Å². The highest BCUT2D eigenvalue weighted by molar-refractivity contribution is 5.73. The van der Waals surface area contributed by atoms with Crippen molar-refractivity contribution in [3.63, 3.8) is 0 Å². The molecule has 1 aliphatic rings. The molecule has 0 saturated carbocycles. The van der Waals surface area contributed by atoms with Gasteiger partial charge in [0, 0.05) is 12.6 Å². The van der Waals surface area contributed by atoms with E-state index in [-0.39, 0.29) is 5.82 Å². The van der Waals surface area contributed by atoms with Gasteiger partial charge in [-0.2, -0.15) is 13.2 Å². The molecule has 1 aliphatic heterocycles. The van der Waals surface area contributed by atoms with E-state index in [9.17, 15) is 17.6 Å². The number of carboxylic acid groups (broad SMARTS) is 1. The predicted molar refractivity (Wildman–Crippen MR) is 72.6 cm³/mol. The molecule has 124 valence electrons. The van der Waals surface area contributed by atoms with Crippen molar-refractivity contribution in [1.82, 2.24) is 4.90 Å². The zero-order chi connectivity index (χ0) is 16.8. The first-order valence-electron chi connectivity index (χ1n) is 6.71. The summed E-state index contributed by atoms with van der Waals surface area (Å²) in [4.78, 5) is 11.2. The van der Waals surface area contributed by atoms with E-state index in [0.29, 0.717) is 6.04 Å². The number of aliphatic carboxylic acids is 1. The SMILES string of the molecule is NC1CCN(Cc2cccc(F)c2)CC1.O=C(O)C(F)(F)F. The number of alkyl halides is 3. The van der Waals surface area contributed by atoms with Gasteiger partial charge in [0.1, 0.15) is 5.82 Å². The second-order valence-corrected chi connectivity index (χ2v) is 5.05. The third kappa shape index (κ3) is 6.86. The highest BCUT2D eigenvalue weighted by Crippen LogP contribution is 2.13. The fourth-order valence-electron chi connectivity index (χ4n) is 2.00. The average molecular weight is 322 g/mol. The number of carbonyl (C=O) groups is 1. The van der Waals surface area contributed by atoms with Crippen molar-refractivity contribution in [2.75, 3.05) is 13.1 Å². The van der Waals surface area contributed by atoms with Crippen molar-refractivity contribution in [3.05, 3.63) is 35.6 Å². The Morgan fingerprint density at radius 2 is 1.86 bits per heavy atom. The molecular formula is C14H18F4N2O2. The number of nitrogens with two attached hydrogens (primary N) is 1. The van der Waals surface area contributed by atoms with E-state index in [4.69, 9.17) is 15.6 Å². The fourth-order valence-corrected chi connectivity index (χ4v) is 2.00. The van der Waals surface area contributed by atoms with E-state index in [0.717, 1.165) is 38.0 Å². The average Bonchev–Trinajstić information content (AvgIpc) is 2.41. The Hall–Kier alpha value is -1.67. The lowest BCUT2D eigenvalue weighted by Gasteiger charge is -2.30. The molecule has 1 saturated heterocycles. The van der Waals surface area contributed by atoms with Crippen LogP contribution >= 0.6 is 0 Å². The van der Waals surface area contributed by atoms with Gasteiger partial charge < -0.3 is 10.8 Å². The largest absolute Gasteiger partial charge is 0.490 e. The smallest absolute Gasteiger partial charge is 0.475 e. The van der Waals surface area contributed by atoms with Crippen LogP contribution in [0.1, 0.15) is 18.4 Å². The van der Waals surface area contributed by atoms with Gasteiger partial charge in [-0.25, -0.2) is 9.18 Å². The molecule has 22 heavy (non-hydrogen) atoms. The van der Waals surface area contributed by atoms with E-state index in [1.807, 2.05) is 6.07 Å². The molecule has 0 amide bonds. The molecule has 0 aromatic heterocycles. The lowest BCUT2D eigenvalue weighted by molar-refractivity contribution is -0.192. The Balaban J connectivity index is 0.000000295. The molecule has 2 rings (SSSR count). The van der Waals surface area contributed by atoms with Crippen LogP contribution in [-0.4, -0.2) is 41.3 Å². The Kier molecular flexibility index (Phi) is 6.76. The van der Waals surface area contributed by atoms with Gasteiger partial charge in [-0.05, 0) is 43.6 Å². The van der Waals surface area contributed by atoms with Gasteiger partial charge >= 0.3 is 12.1 Å². The van der Waals surface area contributed by atoms with E-state index >= 15 is 0 Å². The molecule has 1 heterocycles. The molecule has 3 N–H and O–H groups in total. The van der Waals surface area contributed by atoms with Gasteiger partial charge in [-0.1, -0.05) is 12.1 Å². The molecule has 0 unspecified atom stereocenters.